The van der Waals surface area contributed by atoms with Crippen LogP contribution in [0.4, 0.5) is 11.4 Å². The van der Waals surface area contributed by atoms with Crippen molar-refractivity contribution < 1.29 is 19.2 Å². The Morgan fingerprint density at radius 2 is 1.15 bits per heavy atom. The maximum absolute atomic E-state index is 13.5. The minimum absolute atomic E-state index is 0.0115. The maximum Gasteiger partial charge on any atom is 0.197 e. The van der Waals surface area contributed by atoms with E-state index in [4.69, 9.17) is 13.1 Å². The lowest BCUT2D eigenvalue weighted by Gasteiger charge is -2.22. The van der Waals surface area contributed by atoms with E-state index in [-0.39, 0.29) is 61.3 Å². The topological polar surface area (TPSA) is 125 Å². The fourth-order valence-corrected chi connectivity index (χ4v) is 12.8. The highest BCUT2D eigenvalue weighted by molar-refractivity contribution is 7.32. The van der Waals surface area contributed by atoms with E-state index in [0.29, 0.717) is 0 Å². The molecule has 0 radical (unpaired) electrons. The number of carbonyl (C=O) groups excluding carboxylic acids is 4. The zero-order chi connectivity index (χ0) is 37.5. The first-order chi connectivity index (χ1) is 25.2. The average molecular weight is 741 g/mol. The van der Waals surface area contributed by atoms with Gasteiger partial charge in [-0.15, -0.1) is 34.0 Å². The Bertz CT molecular complexity index is 2910. The van der Waals surface area contributed by atoms with Crippen LogP contribution in [0, 0.1) is 35.8 Å². The SMILES string of the molecule is [C-]#[N+]c1cc2c(cc1[N+]#[C-])C(=O)C(=CC1=Cc3sc4c5c(sc4c3C1(C)C)-c1sc(C=C3C(=O)c4cc(C#N)c(C#N)cc4C3=O)cc1C5(C)C)C2=O. The zero-order valence-corrected chi connectivity index (χ0v) is 30.7. The molecule has 0 N–H and O–H groups in total. The number of nitriles is 2. The van der Waals surface area contributed by atoms with Crippen LogP contribution in [-0.4, -0.2) is 23.1 Å². The number of thiophene rings is 3. The van der Waals surface area contributed by atoms with Gasteiger partial charge in [-0.2, -0.15) is 10.5 Å². The molecule has 3 aromatic heterocycles. The normalized spacial score (nSPS) is 16.7. The van der Waals surface area contributed by atoms with Crippen molar-refractivity contribution in [1.29, 1.82) is 10.5 Å². The number of Topliss-reactive ketones (excluding diaryl/α,β-unsaturated/α-hetero) is 4. The monoisotopic (exact) mass is 740 g/mol. The van der Waals surface area contributed by atoms with Crippen molar-refractivity contribution >= 4 is 90.1 Å². The number of nitrogens with zero attached hydrogens (tertiary/aromatic N) is 4. The van der Waals surface area contributed by atoms with E-state index in [0.717, 1.165) is 40.9 Å². The van der Waals surface area contributed by atoms with Gasteiger partial charge in [-0.25, -0.2) is 0 Å². The molecule has 0 amide bonds. The quantitative estimate of drug-likeness (QED) is 0.101. The van der Waals surface area contributed by atoms with E-state index in [1.807, 2.05) is 18.2 Å². The maximum atomic E-state index is 13.5. The van der Waals surface area contributed by atoms with Crippen LogP contribution in [0.25, 0.3) is 41.0 Å². The van der Waals surface area contributed by atoms with Gasteiger partial charge in [-0.3, -0.25) is 28.9 Å². The van der Waals surface area contributed by atoms with Crippen molar-refractivity contribution in [1.82, 2.24) is 0 Å². The third-order valence-electron chi connectivity index (χ3n) is 10.7. The van der Waals surface area contributed by atoms with Crippen molar-refractivity contribution in [3.63, 3.8) is 0 Å². The summed E-state index contributed by atoms with van der Waals surface area (Å²) in [5.74, 6) is -1.81. The van der Waals surface area contributed by atoms with Gasteiger partial charge >= 0.3 is 0 Å². The van der Waals surface area contributed by atoms with Crippen molar-refractivity contribution in [3.8, 4) is 21.9 Å². The first-order valence-electron chi connectivity index (χ1n) is 16.3. The Morgan fingerprint density at radius 1 is 0.642 bits per heavy atom. The number of carbonyl (C=O) groups is 4. The molecule has 250 valence electrons. The Balaban J connectivity index is 1.08. The van der Waals surface area contributed by atoms with Gasteiger partial charge in [-0.1, -0.05) is 39.8 Å². The molecule has 4 aliphatic rings. The second-order valence-corrected chi connectivity index (χ2v) is 17.4. The fraction of sp³-hybridized carbons (Fsp3) is 0.143. The minimum atomic E-state index is -0.537. The molecule has 3 heterocycles. The van der Waals surface area contributed by atoms with Gasteiger partial charge in [0.1, 0.15) is 12.1 Å². The number of rotatable bonds is 2. The summed E-state index contributed by atoms with van der Waals surface area (Å²) in [5.41, 5.74) is 4.24. The predicted molar refractivity (Wildman–Crippen MR) is 204 cm³/mol. The zero-order valence-electron chi connectivity index (χ0n) is 28.3. The van der Waals surface area contributed by atoms with Gasteiger partial charge < -0.3 is 0 Å². The average Bonchev–Trinajstić information content (AvgIpc) is 3.97. The van der Waals surface area contributed by atoms with E-state index in [1.54, 1.807) is 34.8 Å². The van der Waals surface area contributed by atoms with Gasteiger partial charge in [0.05, 0.1) is 49.7 Å². The summed E-state index contributed by atoms with van der Waals surface area (Å²) in [7, 11) is 0. The summed E-state index contributed by atoms with van der Waals surface area (Å²) in [6.07, 6.45) is 5.35. The molecule has 8 nitrogen and oxygen atoms in total. The van der Waals surface area contributed by atoms with E-state index >= 15 is 0 Å². The van der Waals surface area contributed by atoms with E-state index in [1.165, 1.54) is 45.9 Å². The van der Waals surface area contributed by atoms with Gasteiger partial charge in [-0.05, 0) is 58.7 Å². The third kappa shape index (κ3) is 4.10. The lowest BCUT2D eigenvalue weighted by atomic mass is 9.80. The summed E-state index contributed by atoms with van der Waals surface area (Å²) in [6, 6.07) is 11.3. The summed E-state index contributed by atoms with van der Waals surface area (Å²) in [6.45, 7) is 23.3. The van der Waals surface area contributed by atoms with E-state index in [2.05, 4.69) is 43.5 Å². The summed E-state index contributed by atoms with van der Waals surface area (Å²) in [5, 5.41) is 18.9. The van der Waals surface area contributed by atoms with Crippen LogP contribution in [0.15, 0.2) is 53.1 Å². The molecule has 0 aliphatic heterocycles. The Hall–Kier alpha value is -6.34. The van der Waals surface area contributed by atoms with Gasteiger partial charge in [0.25, 0.3) is 0 Å². The number of hydrogen-bond donors (Lipinski definition) is 0. The van der Waals surface area contributed by atoms with Crippen molar-refractivity contribution in [2.24, 2.45) is 0 Å². The van der Waals surface area contributed by atoms with Gasteiger partial charge in [0, 0.05) is 47.7 Å². The molecular formula is C42H20N4O4S3. The third-order valence-corrected chi connectivity index (χ3v) is 14.5. The van der Waals surface area contributed by atoms with E-state index < -0.39 is 28.5 Å². The molecule has 11 heteroatoms. The van der Waals surface area contributed by atoms with Crippen LogP contribution < -0.4 is 0 Å². The molecule has 0 saturated heterocycles. The molecule has 2 aromatic carbocycles. The minimum Gasteiger partial charge on any atom is -0.288 e. The molecular weight excluding hydrogens is 721 g/mol. The van der Waals surface area contributed by atoms with Crippen LogP contribution in [0.2, 0.25) is 0 Å². The molecule has 0 saturated carbocycles. The van der Waals surface area contributed by atoms with Crippen molar-refractivity contribution in [2.45, 2.75) is 38.5 Å². The van der Waals surface area contributed by atoms with Crippen molar-refractivity contribution in [2.75, 3.05) is 0 Å². The second-order valence-electron chi connectivity index (χ2n) is 14.3. The lowest BCUT2D eigenvalue weighted by molar-refractivity contribution is 0.0974. The summed E-state index contributed by atoms with van der Waals surface area (Å²) >= 11 is 4.92. The molecule has 0 spiro atoms. The molecule has 0 bridgehead atoms. The Kier molecular flexibility index (Phi) is 6.52. The van der Waals surface area contributed by atoms with Crippen molar-refractivity contribution in [3.05, 3.63) is 136 Å². The highest BCUT2D eigenvalue weighted by atomic mass is 32.1. The number of benzene rings is 2. The van der Waals surface area contributed by atoms with Crippen LogP contribution in [0.3, 0.4) is 0 Å². The predicted octanol–water partition coefficient (Wildman–Crippen LogP) is 10.3. The molecule has 0 fully saturated rings. The standard InChI is InChI=1S/C42H20N4O4S3/c1-41(2)19(9-25-35(49)23-13-28(45-5)29(46-6)14-24(23)36(25)50)10-30-31(41)38-40(52-30)32-39(53-38)37-27(42(32,3)4)12-20(51-37)11-26-33(47)21-7-17(15-43)18(16-44)8-22(21)34(26)48/h7-14H,1-4H3. The Labute approximate surface area is 314 Å². The molecule has 53 heavy (non-hydrogen) atoms. The van der Waals surface area contributed by atoms with Crippen LogP contribution in [0.1, 0.15) is 107 Å². The highest BCUT2D eigenvalue weighted by Gasteiger charge is 2.45. The number of ketones is 4. The largest absolute Gasteiger partial charge is 0.288 e. The summed E-state index contributed by atoms with van der Waals surface area (Å²) in [4.78, 5) is 64.5. The number of hydrogen-bond acceptors (Lipinski definition) is 9. The molecule has 0 atom stereocenters. The number of fused-ring (bicyclic) bond motifs is 9. The number of allylic oxidation sites excluding steroid dienone is 4. The smallest absolute Gasteiger partial charge is 0.197 e. The lowest BCUT2D eigenvalue weighted by Crippen LogP contribution is -2.17. The Morgan fingerprint density at radius 3 is 1.68 bits per heavy atom. The molecule has 5 aromatic rings. The van der Waals surface area contributed by atoms with E-state index in [9.17, 15) is 29.7 Å². The molecule has 0 unspecified atom stereocenters. The van der Waals surface area contributed by atoms with Crippen LogP contribution >= 0.6 is 34.0 Å². The fourth-order valence-electron chi connectivity index (χ4n) is 7.95. The molecule has 9 rings (SSSR count). The van der Waals surface area contributed by atoms with Gasteiger partial charge in [0.15, 0.2) is 34.5 Å². The first-order valence-corrected chi connectivity index (χ1v) is 18.7. The first kappa shape index (κ1) is 32.6. The van der Waals surface area contributed by atoms with Crippen LogP contribution in [0.5, 0.6) is 0 Å². The highest BCUT2D eigenvalue weighted by Crippen LogP contribution is 2.63. The van der Waals surface area contributed by atoms with Gasteiger partial charge in [0.2, 0.25) is 0 Å². The molecule has 4 aliphatic carbocycles. The van der Waals surface area contributed by atoms with Crippen LogP contribution in [-0.2, 0) is 10.8 Å². The second kappa shape index (κ2) is 10.6. The summed E-state index contributed by atoms with van der Waals surface area (Å²) < 4.78 is 2.34.